The molecule has 1 amide bonds. The van der Waals surface area contributed by atoms with Crippen LogP contribution in [0.4, 0.5) is 11.4 Å². The first-order chi connectivity index (χ1) is 18.9. The number of nitrogens with one attached hydrogen (secondary N) is 1. The molecular weight excluding hydrogens is 490 g/mol. The Morgan fingerprint density at radius 2 is 1.77 bits per heavy atom. The lowest BCUT2D eigenvalue weighted by Gasteiger charge is -2.31. The van der Waals surface area contributed by atoms with E-state index in [0.29, 0.717) is 42.3 Å². The fourth-order valence-corrected chi connectivity index (χ4v) is 4.71. The highest BCUT2D eigenvalue weighted by Crippen LogP contribution is 2.34. The third-order valence-corrected chi connectivity index (χ3v) is 6.85. The van der Waals surface area contributed by atoms with E-state index >= 15 is 0 Å². The van der Waals surface area contributed by atoms with E-state index in [-0.39, 0.29) is 17.5 Å². The van der Waals surface area contributed by atoms with Crippen molar-refractivity contribution in [2.45, 2.75) is 19.5 Å². The Labute approximate surface area is 227 Å². The van der Waals surface area contributed by atoms with Gasteiger partial charge < -0.3 is 20.1 Å². The summed E-state index contributed by atoms with van der Waals surface area (Å²) in [5, 5.41) is 12.5. The highest BCUT2D eigenvalue weighted by molar-refractivity contribution is 5.96. The summed E-state index contributed by atoms with van der Waals surface area (Å²) in [4.78, 5) is 30.2. The number of anilines is 1. The molecule has 1 aliphatic heterocycles. The van der Waals surface area contributed by atoms with E-state index in [1.807, 2.05) is 61.5 Å². The number of aromatic carboxylic acids is 1. The summed E-state index contributed by atoms with van der Waals surface area (Å²) in [6, 6.07) is 27.4. The lowest BCUT2D eigenvalue weighted by atomic mass is 9.98. The van der Waals surface area contributed by atoms with Crippen molar-refractivity contribution in [2.24, 2.45) is 0 Å². The molecule has 5 rings (SSSR count). The van der Waals surface area contributed by atoms with E-state index in [4.69, 9.17) is 11.3 Å². The molecule has 0 spiro atoms. The van der Waals surface area contributed by atoms with Crippen LogP contribution in [-0.2, 0) is 6.54 Å². The Hall–Kier alpha value is -5.09. The molecule has 0 unspecified atom stereocenters. The molecule has 1 atom stereocenters. The van der Waals surface area contributed by atoms with E-state index in [1.54, 1.807) is 36.4 Å². The van der Waals surface area contributed by atoms with Crippen molar-refractivity contribution in [2.75, 3.05) is 18.1 Å². The average Bonchev–Trinajstić information content (AvgIpc) is 2.97. The average molecular weight is 518 g/mol. The van der Waals surface area contributed by atoms with Crippen LogP contribution in [0.3, 0.4) is 0 Å². The minimum Gasteiger partial charge on any atom is -0.490 e. The first-order valence-electron chi connectivity index (χ1n) is 12.6. The highest BCUT2D eigenvalue weighted by Gasteiger charge is 2.21. The molecule has 0 fully saturated rings. The second-order valence-electron chi connectivity index (χ2n) is 9.40. The van der Waals surface area contributed by atoms with Crippen molar-refractivity contribution in [3.8, 4) is 16.9 Å². The predicted molar refractivity (Wildman–Crippen MR) is 150 cm³/mol. The highest BCUT2D eigenvalue weighted by atomic mass is 16.5. The molecule has 0 aromatic heterocycles. The normalized spacial score (nSPS) is 13.0. The van der Waals surface area contributed by atoms with Gasteiger partial charge in [0.1, 0.15) is 12.4 Å². The molecule has 194 valence electrons. The number of rotatable bonds is 7. The Morgan fingerprint density at radius 1 is 1.03 bits per heavy atom. The Balaban J connectivity index is 1.28. The van der Waals surface area contributed by atoms with Gasteiger partial charge in [0.2, 0.25) is 0 Å². The van der Waals surface area contributed by atoms with Gasteiger partial charge in [0.05, 0.1) is 30.4 Å². The molecule has 1 aliphatic rings. The van der Waals surface area contributed by atoms with Crippen LogP contribution < -0.4 is 15.0 Å². The Bertz CT molecular complexity index is 1560. The molecular formula is C32H27N3O4. The van der Waals surface area contributed by atoms with Gasteiger partial charge in [-0.25, -0.2) is 9.64 Å². The fourth-order valence-electron chi connectivity index (χ4n) is 4.71. The van der Waals surface area contributed by atoms with Crippen molar-refractivity contribution in [1.29, 1.82) is 0 Å². The van der Waals surface area contributed by atoms with Gasteiger partial charge in [-0.3, -0.25) is 4.79 Å². The summed E-state index contributed by atoms with van der Waals surface area (Å²) in [6.45, 7) is 10.9. The maximum Gasteiger partial charge on any atom is 0.336 e. The maximum absolute atomic E-state index is 13.0. The number of hydrogen-bond acceptors (Lipinski definition) is 4. The third-order valence-electron chi connectivity index (χ3n) is 6.85. The van der Waals surface area contributed by atoms with Crippen LogP contribution in [0.25, 0.3) is 16.0 Å². The largest absolute Gasteiger partial charge is 0.490 e. The van der Waals surface area contributed by atoms with Gasteiger partial charge in [-0.15, -0.1) is 0 Å². The zero-order valence-electron chi connectivity index (χ0n) is 21.4. The summed E-state index contributed by atoms with van der Waals surface area (Å²) in [7, 11) is 0. The first kappa shape index (κ1) is 25.6. The van der Waals surface area contributed by atoms with Gasteiger partial charge in [-0.2, -0.15) is 0 Å². The maximum atomic E-state index is 13.0. The van der Waals surface area contributed by atoms with Crippen LogP contribution in [0.15, 0.2) is 91.0 Å². The number of carboxylic acid groups (broad SMARTS) is 1. The summed E-state index contributed by atoms with van der Waals surface area (Å²) in [6.07, 6.45) is 0. The Morgan fingerprint density at radius 3 is 2.49 bits per heavy atom. The molecule has 2 N–H and O–H groups in total. The van der Waals surface area contributed by atoms with Crippen LogP contribution in [-0.4, -0.2) is 30.1 Å². The number of ether oxygens (including phenoxy) is 1. The number of nitrogens with zero attached hydrogens (tertiary/aromatic N) is 2. The van der Waals surface area contributed by atoms with Crippen LogP contribution >= 0.6 is 0 Å². The molecule has 1 heterocycles. The van der Waals surface area contributed by atoms with Crippen LogP contribution in [0.1, 0.15) is 44.8 Å². The van der Waals surface area contributed by atoms with Crippen molar-refractivity contribution in [3.63, 3.8) is 0 Å². The molecule has 7 nitrogen and oxygen atoms in total. The monoisotopic (exact) mass is 517 g/mol. The van der Waals surface area contributed by atoms with E-state index in [0.717, 1.165) is 22.4 Å². The topological polar surface area (TPSA) is 83.2 Å². The SMILES string of the molecule is [C-]#[N+]c1ccc([C@H](C)NC(=O)c2ccc3c(c2)OCCN3Cc2ccc(-c3ccccc3C(=O)O)cc2)cc1. The number of carbonyl (C=O) groups excluding carboxylic acids is 1. The summed E-state index contributed by atoms with van der Waals surface area (Å²) < 4.78 is 5.90. The zero-order valence-corrected chi connectivity index (χ0v) is 21.4. The second kappa shape index (κ2) is 11.1. The molecule has 0 bridgehead atoms. The van der Waals surface area contributed by atoms with Crippen molar-refractivity contribution in [1.82, 2.24) is 5.32 Å². The fraction of sp³-hybridized carbons (Fsp3) is 0.156. The lowest BCUT2D eigenvalue weighted by Crippen LogP contribution is -2.32. The van der Waals surface area contributed by atoms with Gasteiger partial charge in [0, 0.05) is 12.1 Å². The number of fused-ring (bicyclic) bond motifs is 1. The van der Waals surface area contributed by atoms with Crippen LogP contribution in [0.2, 0.25) is 0 Å². The number of hydrogen-bond donors (Lipinski definition) is 2. The smallest absolute Gasteiger partial charge is 0.336 e. The number of benzene rings is 4. The molecule has 0 saturated carbocycles. The molecule has 0 radical (unpaired) electrons. The molecule has 39 heavy (non-hydrogen) atoms. The van der Waals surface area contributed by atoms with Crippen LogP contribution in [0.5, 0.6) is 5.75 Å². The number of carboxylic acids is 1. The van der Waals surface area contributed by atoms with E-state index < -0.39 is 5.97 Å². The zero-order chi connectivity index (χ0) is 27.4. The van der Waals surface area contributed by atoms with Gasteiger partial charge >= 0.3 is 5.97 Å². The standard InChI is InChI=1S/C32H27N3O4/c1-21(23-11-14-26(33-2)15-12-23)34-31(36)25-13-16-29-30(19-25)39-18-17-35(29)20-22-7-9-24(10-8-22)27-5-3-4-6-28(27)32(37)38/h3-16,19,21H,17-18,20H2,1H3,(H,34,36)(H,37,38)/t21-/m0/s1. The van der Waals surface area contributed by atoms with Gasteiger partial charge in [0.25, 0.3) is 5.91 Å². The van der Waals surface area contributed by atoms with E-state index in [9.17, 15) is 14.7 Å². The van der Waals surface area contributed by atoms with Gasteiger partial charge in [-0.1, -0.05) is 66.7 Å². The summed E-state index contributed by atoms with van der Waals surface area (Å²) in [5.74, 6) is -0.482. The molecule has 4 aromatic carbocycles. The molecule has 0 aliphatic carbocycles. The van der Waals surface area contributed by atoms with Gasteiger partial charge in [-0.05, 0) is 53.4 Å². The van der Waals surface area contributed by atoms with E-state index in [1.165, 1.54) is 0 Å². The molecule has 0 saturated heterocycles. The van der Waals surface area contributed by atoms with Crippen molar-refractivity contribution >= 4 is 23.3 Å². The minimum atomic E-state index is -0.947. The summed E-state index contributed by atoms with van der Waals surface area (Å²) in [5.41, 5.74) is 5.82. The Kier molecular flexibility index (Phi) is 7.28. The minimum absolute atomic E-state index is 0.197. The second-order valence-corrected chi connectivity index (χ2v) is 9.40. The lowest BCUT2D eigenvalue weighted by molar-refractivity contribution is 0.0697. The van der Waals surface area contributed by atoms with Gasteiger partial charge in [0.15, 0.2) is 5.69 Å². The van der Waals surface area contributed by atoms with E-state index in [2.05, 4.69) is 15.1 Å². The predicted octanol–water partition coefficient (Wildman–Crippen LogP) is 6.49. The molecule has 7 heteroatoms. The third kappa shape index (κ3) is 5.60. The van der Waals surface area contributed by atoms with Crippen molar-refractivity contribution in [3.05, 3.63) is 125 Å². The molecule has 4 aromatic rings. The quantitative estimate of drug-likeness (QED) is 0.274. The van der Waals surface area contributed by atoms with Crippen LogP contribution in [0, 0.1) is 6.57 Å². The summed E-state index contributed by atoms with van der Waals surface area (Å²) >= 11 is 0. The number of carbonyl (C=O) groups is 2. The van der Waals surface area contributed by atoms with Crippen molar-refractivity contribution < 1.29 is 19.4 Å². The number of amides is 1. The first-order valence-corrected chi connectivity index (χ1v) is 12.6.